The van der Waals surface area contributed by atoms with Gasteiger partial charge in [0.15, 0.2) is 5.96 Å². The number of carbonyl (C=O) groups excluding carboxylic acids is 1. The fraction of sp³-hybridized carbons (Fsp3) is 0.467. The topological polar surface area (TPSA) is 56.7 Å². The summed E-state index contributed by atoms with van der Waals surface area (Å²) in [6, 6.07) is 8.08. The van der Waals surface area contributed by atoms with Crippen LogP contribution in [0.25, 0.3) is 0 Å². The highest BCUT2D eigenvalue weighted by Crippen LogP contribution is 2.27. The van der Waals surface area contributed by atoms with Crippen LogP contribution >= 0.6 is 35.7 Å². The standard InChI is InChI=1S/C15H22N4OS.HI/c1-16-15(17-8-10-21-2)18-11-14(20)19-9-7-12-5-3-4-6-13(12)19;/h3-6H,7-11H2,1-2H3,(H2,16,17,18);1H. The van der Waals surface area contributed by atoms with Gasteiger partial charge in [-0.05, 0) is 24.3 Å². The number of guanidine groups is 1. The number of benzene rings is 1. The number of rotatable bonds is 5. The molecule has 1 aromatic carbocycles. The molecule has 1 aliphatic heterocycles. The van der Waals surface area contributed by atoms with Crippen molar-refractivity contribution in [3.05, 3.63) is 29.8 Å². The summed E-state index contributed by atoms with van der Waals surface area (Å²) < 4.78 is 0. The molecule has 7 heteroatoms. The average Bonchev–Trinajstić information content (AvgIpc) is 2.94. The Labute approximate surface area is 153 Å². The molecule has 1 amide bonds. The third-order valence-corrected chi connectivity index (χ3v) is 4.03. The Hall–Kier alpha value is -0.960. The fourth-order valence-corrected chi connectivity index (χ4v) is 2.65. The van der Waals surface area contributed by atoms with E-state index in [-0.39, 0.29) is 36.4 Å². The number of fused-ring (bicyclic) bond motifs is 1. The quantitative estimate of drug-likeness (QED) is 0.321. The second-order valence-electron chi connectivity index (χ2n) is 4.77. The van der Waals surface area contributed by atoms with Crippen LogP contribution in [0.1, 0.15) is 5.56 Å². The second kappa shape index (κ2) is 9.94. The van der Waals surface area contributed by atoms with E-state index in [1.165, 1.54) is 5.56 Å². The summed E-state index contributed by atoms with van der Waals surface area (Å²) in [6.07, 6.45) is 2.99. The normalized spacial score (nSPS) is 13.4. The van der Waals surface area contributed by atoms with E-state index < -0.39 is 0 Å². The first-order chi connectivity index (χ1) is 10.3. The molecule has 1 heterocycles. The highest BCUT2D eigenvalue weighted by Gasteiger charge is 2.23. The predicted octanol–water partition coefficient (Wildman–Crippen LogP) is 1.72. The van der Waals surface area contributed by atoms with Crippen LogP contribution < -0.4 is 15.5 Å². The van der Waals surface area contributed by atoms with E-state index in [1.54, 1.807) is 18.8 Å². The monoisotopic (exact) mass is 434 g/mol. The minimum atomic E-state index is 0. The van der Waals surface area contributed by atoms with Gasteiger partial charge < -0.3 is 15.5 Å². The van der Waals surface area contributed by atoms with Gasteiger partial charge >= 0.3 is 0 Å². The number of halogens is 1. The molecule has 5 nitrogen and oxygen atoms in total. The molecule has 22 heavy (non-hydrogen) atoms. The van der Waals surface area contributed by atoms with Crippen molar-refractivity contribution < 1.29 is 4.79 Å². The Bertz CT molecular complexity index is 524. The smallest absolute Gasteiger partial charge is 0.246 e. The number of aliphatic imine (C=N–C) groups is 1. The zero-order chi connectivity index (χ0) is 15.1. The van der Waals surface area contributed by atoms with E-state index in [2.05, 4.69) is 27.9 Å². The molecule has 122 valence electrons. The van der Waals surface area contributed by atoms with Crippen LogP contribution in [0.5, 0.6) is 0 Å². The van der Waals surface area contributed by atoms with Crippen LogP contribution in [0, 0.1) is 0 Å². The number of hydrogen-bond acceptors (Lipinski definition) is 3. The highest BCUT2D eigenvalue weighted by molar-refractivity contribution is 14.0. The van der Waals surface area contributed by atoms with Gasteiger partial charge in [-0.1, -0.05) is 18.2 Å². The first-order valence-corrected chi connectivity index (χ1v) is 8.47. The zero-order valence-electron chi connectivity index (χ0n) is 13.0. The lowest BCUT2D eigenvalue weighted by Gasteiger charge is -2.18. The summed E-state index contributed by atoms with van der Waals surface area (Å²) in [5.41, 5.74) is 2.28. The lowest BCUT2D eigenvalue weighted by atomic mass is 10.2. The Kier molecular flexibility index (Phi) is 8.62. The van der Waals surface area contributed by atoms with Crippen LogP contribution in [-0.2, 0) is 11.2 Å². The number of carbonyl (C=O) groups is 1. The molecule has 0 spiro atoms. The van der Waals surface area contributed by atoms with Crippen molar-refractivity contribution in [3.8, 4) is 0 Å². The molecule has 0 saturated heterocycles. The summed E-state index contributed by atoms with van der Waals surface area (Å²) in [5, 5.41) is 6.26. The van der Waals surface area contributed by atoms with Crippen LogP contribution in [0.2, 0.25) is 0 Å². The molecule has 2 N–H and O–H groups in total. The maximum Gasteiger partial charge on any atom is 0.246 e. The summed E-state index contributed by atoms with van der Waals surface area (Å²) in [7, 11) is 1.71. The van der Waals surface area contributed by atoms with Gasteiger partial charge in [-0.25, -0.2) is 0 Å². The van der Waals surface area contributed by atoms with Crippen LogP contribution in [0.4, 0.5) is 5.69 Å². The van der Waals surface area contributed by atoms with Crippen molar-refractivity contribution in [3.63, 3.8) is 0 Å². The predicted molar refractivity (Wildman–Crippen MR) is 106 cm³/mol. The van der Waals surface area contributed by atoms with Crippen molar-refractivity contribution in [2.24, 2.45) is 4.99 Å². The number of para-hydroxylation sites is 1. The molecular weight excluding hydrogens is 411 g/mol. The maximum atomic E-state index is 12.3. The largest absolute Gasteiger partial charge is 0.356 e. The van der Waals surface area contributed by atoms with E-state index in [0.29, 0.717) is 5.96 Å². The van der Waals surface area contributed by atoms with Crippen molar-refractivity contribution in [2.75, 3.05) is 43.6 Å². The Morgan fingerprint density at radius 3 is 2.86 bits per heavy atom. The lowest BCUT2D eigenvalue weighted by molar-refractivity contribution is -0.117. The maximum absolute atomic E-state index is 12.3. The van der Waals surface area contributed by atoms with Gasteiger partial charge in [-0.15, -0.1) is 24.0 Å². The number of hydrogen-bond donors (Lipinski definition) is 2. The molecule has 0 aromatic heterocycles. The number of amides is 1. The molecule has 2 rings (SSSR count). The molecule has 0 unspecified atom stereocenters. The molecule has 0 aliphatic carbocycles. The van der Waals surface area contributed by atoms with E-state index in [1.807, 2.05) is 23.1 Å². The third-order valence-electron chi connectivity index (χ3n) is 3.42. The van der Waals surface area contributed by atoms with E-state index in [0.717, 1.165) is 31.0 Å². The summed E-state index contributed by atoms with van der Waals surface area (Å²) in [4.78, 5) is 18.3. The first-order valence-electron chi connectivity index (χ1n) is 7.08. The van der Waals surface area contributed by atoms with Crippen molar-refractivity contribution >= 4 is 53.3 Å². The minimum Gasteiger partial charge on any atom is -0.356 e. The van der Waals surface area contributed by atoms with Gasteiger partial charge in [-0.2, -0.15) is 11.8 Å². The average molecular weight is 434 g/mol. The first kappa shape index (κ1) is 19.1. The molecular formula is C15H23IN4OS. The number of anilines is 1. The summed E-state index contributed by atoms with van der Waals surface area (Å²) in [5.74, 6) is 1.76. The number of thioether (sulfide) groups is 1. The number of nitrogens with one attached hydrogen (secondary N) is 2. The van der Waals surface area contributed by atoms with Gasteiger partial charge in [0, 0.05) is 31.6 Å². The Morgan fingerprint density at radius 1 is 1.36 bits per heavy atom. The molecule has 0 atom stereocenters. The lowest BCUT2D eigenvalue weighted by Crippen LogP contribution is -2.44. The molecule has 0 radical (unpaired) electrons. The SMILES string of the molecule is CN=C(NCCSC)NCC(=O)N1CCc2ccccc21.I. The van der Waals surface area contributed by atoms with Gasteiger partial charge in [0.1, 0.15) is 0 Å². The fourth-order valence-electron chi connectivity index (χ4n) is 2.34. The highest BCUT2D eigenvalue weighted by atomic mass is 127. The molecule has 1 aliphatic rings. The summed E-state index contributed by atoms with van der Waals surface area (Å²) in [6.45, 7) is 1.85. The van der Waals surface area contributed by atoms with Gasteiger partial charge in [0.25, 0.3) is 0 Å². The zero-order valence-corrected chi connectivity index (χ0v) is 16.1. The van der Waals surface area contributed by atoms with Crippen LogP contribution in [-0.4, -0.2) is 50.6 Å². The van der Waals surface area contributed by atoms with E-state index in [4.69, 9.17) is 0 Å². The third kappa shape index (κ3) is 5.05. The van der Waals surface area contributed by atoms with Gasteiger partial charge in [0.05, 0.1) is 6.54 Å². The molecule has 0 bridgehead atoms. The molecule has 1 aromatic rings. The van der Waals surface area contributed by atoms with Gasteiger partial charge in [-0.3, -0.25) is 9.79 Å². The van der Waals surface area contributed by atoms with Crippen LogP contribution in [0.3, 0.4) is 0 Å². The van der Waals surface area contributed by atoms with Crippen molar-refractivity contribution in [2.45, 2.75) is 6.42 Å². The van der Waals surface area contributed by atoms with E-state index >= 15 is 0 Å². The molecule has 0 saturated carbocycles. The van der Waals surface area contributed by atoms with Gasteiger partial charge in [0.2, 0.25) is 5.91 Å². The Morgan fingerprint density at radius 2 is 2.14 bits per heavy atom. The van der Waals surface area contributed by atoms with Crippen molar-refractivity contribution in [1.82, 2.24) is 10.6 Å². The number of nitrogens with zero attached hydrogens (tertiary/aromatic N) is 2. The molecule has 0 fully saturated rings. The van der Waals surface area contributed by atoms with E-state index in [9.17, 15) is 4.79 Å². The van der Waals surface area contributed by atoms with Crippen molar-refractivity contribution in [1.29, 1.82) is 0 Å². The minimum absolute atomic E-state index is 0. The Balaban J connectivity index is 0.00000242. The second-order valence-corrected chi connectivity index (χ2v) is 5.76. The van der Waals surface area contributed by atoms with Crippen LogP contribution in [0.15, 0.2) is 29.3 Å². The summed E-state index contributed by atoms with van der Waals surface area (Å²) >= 11 is 1.77.